The van der Waals surface area contributed by atoms with Gasteiger partial charge in [0, 0.05) is 5.69 Å². The first kappa shape index (κ1) is 12.4. The Kier molecular flexibility index (Phi) is 3.72. The molecule has 1 aliphatic rings. The molecule has 0 amide bonds. The zero-order chi connectivity index (χ0) is 12.3. The standard InChI is InChI=1S/C15H23NO/c1-12-8-9-15(11-17,10-13(12)2)16-14-6-4-3-5-7-14/h3-7,12-13,16-17H,8-11H2,1-2H3. The molecular formula is C15H23NO. The maximum Gasteiger partial charge on any atom is 0.0661 e. The number of hydrogen-bond donors (Lipinski definition) is 2. The molecule has 0 heterocycles. The van der Waals surface area contributed by atoms with E-state index in [1.807, 2.05) is 18.2 Å². The molecule has 3 atom stereocenters. The van der Waals surface area contributed by atoms with E-state index in [4.69, 9.17) is 0 Å². The van der Waals surface area contributed by atoms with Crippen molar-refractivity contribution in [3.8, 4) is 0 Å². The first-order valence-electron chi connectivity index (χ1n) is 6.59. The largest absolute Gasteiger partial charge is 0.394 e. The zero-order valence-electron chi connectivity index (χ0n) is 10.8. The highest BCUT2D eigenvalue weighted by Gasteiger charge is 2.37. The van der Waals surface area contributed by atoms with E-state index in [0.29, 0.717) is 5.92 Å². The SMILES string of the molecule is CC1CCC(CO)(Nc2ccccc2)CC1C. The fraction of sp³-hybridized carbons (Fsp3) is 0.600. The van der Waals surface area contributed by atoms with Gasteiger partial charge in [-0.3, -0.25) is 0 Å². The maximum atomic E-state index is 9.74. The molecule has 1 fully saturated rings. The Hall–Kier alpha value is -1.02. The van der Waals surface area contributed by atoms with Crippen molar-refractivity contribution in [2.45, 2.75) is 38.6 Å². The molecule has 94 valence electrons. The molecule has 1 aromatic carbocycles. The minimum atomic E-state index is -0.118. The molecule has 17 heavy (non-hydrogen) atoms. The normalized spacial score (nSPS) is 33.4. The molecule has 1 aliphatic carbocycles. The van der Waals surface area contributed by atoms with Gasteiger partial charge in [-0.2, -0.15) is 0 Å². The second-order valence-electron chi connectivity index (χ2n) is 5.63. The van der Waals surface area contributed by atoms with Crippen molar-refractivity contribution in [3.63, 3.8) is 0 Å². The van der Waals surface area contributed by atoms with Gasteiger partial charge in [-0.15, -0.1) is 0 Å². The zero-order valence-corrected chi connectivity index (χ0v) is 10.8. The van der Waals surface area contributed by atoms with Crippen molar-refractivity contribution in [2.75, 3.05) is 11.9 Å². The molecule has 2 rings (SSSR count). The molecule has 0 radical (unpaired) electrons. The van der Waals surface area contributed by atoms with E-state index in [-0.39, 0.29) is 12.1 Å². The van der Waals surface area contributed by atoms with Crippen molar-refractivity contribution in [1.82, 2.24) is 0 Å². The van der Waals surface area contributed by atoms with E-state index in [9.17, 15) is 5.11 Å². The van der Waals surface area contributed by atoms with Crippen molar-refractivity contribution < 1.29 is 5.11 Å². The Bertz CT molecular complexity index is 351. The van der Waals surface area contributed by atoms with E-state index < -0.39 is 0 Å². The van der Waals surface area contributed by atoms with Gasteiger partial charge in [-0.25, -0.2) is 0 Å². The molecule has 1 saturated carbocycles. The van der Waals surface area contributed by atoms with Gasteiger partial charge in [0.1, 0.15) is 0 Å². The lowest BCUT2D eigenvalue weighted by molar-refractivity contribution is 0.121. The van der Waals surface area contributed by atoms with E-state index in [1.165, 1.54) is 6.42 Å². The third-order valence-electron chi connectivity index (χ3n) is 4.25. The molecule has 0 aromatic heterocycles. The van der Waals surface area contributed by atoms with Gasteiger partial charge < -0.3 is 10.4 Å². The molecule has 2 N–H and O–H groups in total. The minimum absolute atomic E-state index is 0.118. The molecule has 3 unspecified atom stereocenters. The predicted molar refractivity (Wildman–Crippen MR) is 72.1 cm³/mol. The van der Waals surface area contributed by atoms with Crippen LogP contribution in [0.1, 0.15) is 33.1 Å². The fourth-order valence-electron chi connectivity index (χ4n) is 2.83. The van der Waals surface area contributed by atoms with Gasteiger partial charge in [-0.05, 0) is 43.2 Å². The molecule has 0 aliphatic heterocycles. The molecule has 2 heteroatoms. The minimum Gasteiger partial charge on any atom is -0.394 e. The van der Waals surface area contributed by atoms with Crippen molar-refractivity contribution in [1.29, 1.82) is 0 Å². The summed E-state index contributed by atoms with van der Waals surface area (Å²) >= 11 is 0. The highest BCUT2D eigenvalue weighted by Crippen LogP contribution is 2.38. The summed E-state index contributed by atoms with van der Waals surface area (Å²) in [5.41, 5.74) is 0.996. The topological polar surface area (TPSA) is 32.3 Å². The smallest absolute Gasteiger partial charge is 0.0661 e. The lowest BCUT2D eigenvalue weighted by Gasteiger charge is -2.43. The van der Waals surface area contributed by atoms with Crippen LogP contribution in [0.3, 0.4) is 0 Å². The van der Waals surface area contributed by atoms with Gasteiger partial charge >= 0.3 is 0 Å². The van der Waals surface area contributed by atoms with Crippen LogP contribution in [0.5, 0.6) is 0 Å². The third-order valence-corrected chi connectivity index (χ3v) is 4.25. The van der Waals surface area contributed by atoms with Gasteiger partial charge in [-0.1, -0.05) is 32.0 Å². The van der Waals surface area contributed by atoms with Gasteiger partial charge in [0.2, 0.25) is 0 Å². The summed E-state index contributed by atoms with van der Waals surface area (Å²) in [7, 11) is 0. The van der Waals surface area contributed by atoms with Crippen LogP contribution >= 0.6 is 0 Å². The Morgan fingerprint density at radius 2 is 1.94 bits per heavy atom. The average molecular weight is 233 g/mol. The number of aliphatic hydroxyl groups excluding tert-OH is 1. The Morgan fingerprint density at radius 3 is 2.53 bits per heavy atom. The van der Waals surface area contributed by atoms with Crippen molar-refractivity contribution in [2.24, 2.45) is 11.8 Å². The number of rotatable bonds is 3. The van der Waals surface area contributed by atoms with Crippen LogP contribution in [0.25, 0.3) is 0 Å². The molecule has 0 bridgehead atoms. The molecule has 1 aromatic rings. The van der Waals surface area contributed by atoms with Crippen LogP contribution in [-0.2, 0) is 0 Å². The van der Waals surface area contributed by atoms with Crippen molar-refractivity contribution in [3.05, 3.63) is 30.3 Å². The average Bonchev–Trinajstić information content (AvgIpc) is 2.35. The monoisotopic (exact) mass is 233 g/mol. The second kappa shape index (κ2) is 5.09. The molecular weight excluding hydrogens is 210 g/mol. The van der Waals surface area contributed by atoms with Crippen LogP contribution in [0.2, 0.25) is 0 Å². The Labute approximate surface area is 104 Å². The second-order valence-corrected chi connectivity index (χ2v) is 5.63. The first-order valence-corrected chi connectivity index (χ1v) is 6.59. The lowest BCUT2D eigenvalue weighted by Crippen LogP contribution is -2.47. The predicted octanol–water partition coefficient (Wildman–Crippen LogP) is 3.29. The summed E-state index contributed by atoms with van der Waals surface area (Å²) in [4.78, 5) is 0. The van der Waals surface area contributed by atoms with Gasteiger partial charge in [0.15, 0.2) is 0 Å². The van der Waals surface area contributed by atoms with Crippen LogP contribution in [0, 0.1) is 11.8 Å². The number of benzene rings is 1. The van der Waals surface area contributed by atoms with E-state index in [2.05, 4.69) is 31.3 Å². The fourth-order valence-corrected chi connectivity index (χ4v) is 2.83. The lowest BCUT2D eigenvalue weighted by atomic mass is 9.71. The maximum absolute atomic E-state index is 9.74. The Morgan fingerprint density at radius 1 is 1.24 bits per heavy atom. The number of hydrogen-bond acceptors (Lipinski definition) is 2. The van der Waals surface area contributed by atoms with E-state index in [1.54, 1.807) is 0 Å². The highest BCUT2D eigenvalue weighted by atomic mass is 16.3. The summed E-state index contributed by atoms with van der Waals surface area (Å²) in [5, 5.41) is 13.3. The summed E-state index contributed by atoms with van der Waals surface area (Å²) in [6.07, 6.45) is 3.31. The summed E-state index contributed by atoms with van der Waals surface area (Å²) < 4.78 is 0. The quantitative estimate of drug-likeness (QED) is 0.839. The molecule has 2 nitrogen and oxygen atoms in total. The van der Waals surface area contributed by atoms with Crippen LogP contribution in [0.4, 0.5) is 5.69 Å². The van der Waals surface area contributed by atoms with Crippen LogP contribution < -0.4 is 5.32 Å². The number of para-hydroxylation sites is 1. The molecule has 0 saturated heterocycles. The summed E-state index contributed by atoms with van der Waals surface area (Å²) in [5.74, 6) is 1.44. The Balaban J connectivity index is 2.10. The van der Waals surface area contributed by atoms with Crippen LogP contribution in [-0.4, -0.2) is 17.3 Å². The summed E-state index contributed by atoms with van der Waals surface area (Å²) in [6.45, 7) is 4.83. The van der Waals surface area contributed by atoms with E-state index in [0.717, 1.165) is 24.4 Å². The van der Waals surface area contributed by atoms with Crippen molar-refractivity contribution >= 4 is 5.69 Å². The van der Waals surface area contributed by atoms with E-state index >= 15 is 0 Å². The first-order chi connectivity index (χ1) is 8.15. The van der Waals surface area contributed by atoms with Gasteiger partial charge in [0.05, 0.1) is 12.1 Å². The number of aliphatic hydroxyl groups is 1. The summed E-state index contributed by atoms with van der Waals surface area (Å²) in [6, 6.07) is 10.2. The molecule has 0 spiro atoms. The highest BCUT2D eigenvalue weighted by molar-refractivity contribution is 5.45. The van der Waals surface area contributed by atoms with Crippen LogP contribution in [0.15, 0.2) is 30.3 Å². The third kappa shape index (κ3) is 2.81. The number of nitrogens with one attached hydrogen (secondary N) is 1. The van der Waals surface area contributed by atoms with Gasteiger partial charge in [0.25, 0.3) is 0 Å². The number of anilines is 1.